The molecule has 6 nitrogen and oxygen atoms in total. The number of carbonyl (C=O) groups is 1. The topological polar surface area (TPSA) is 94.3 Å². The van der Waals surface area contributed by atoms with Crippen LogP contribution in [0.1, 0.15) is 22.8 Å². The molecular formula is C9H8ClNO5S. The standard InChI is InChI=1S/C9H8ClNO5S/c1-2-6-3-7(5-12)9(17(10,15)16)4-8(6)11(13)14/h3-5H,2H2,1H3. The molecule has 17 heavy (non-hydrogen) atoms. The molecule has 1 aromatic rings. The van der Waals surface area contributed by atoms with Gasteiger partial charge in [-0.1, -0.05) is 6.92 Å². The van der Waals surface area contributed by atoms with Crippen LogP contribution in [-0.4, -0.2) is 19.6 Å². The second-order valence-corrected chi connectivity index (χ2v) is 5.72. The van der Waals surface area contributed by atoms with Crippen LogP contribution in [0.25, 0.3) is 0 Å². The van der Waals surface area contributed by atoms with Crippen LogP contribution in [0.3, 0.4) is 0 Å². The molecule has 0 amide bonds. The van der Waals surface area contributed by atoms with Gasteiger partial charge in [0.2, 0.25) is 0 Å². The Labute approximate surface area is 102 Å². The average Bonchev–Trinajstić information content (AvgIpc) is 2.25. The zero-order valence-corrected chi connectivity index (χ0v) is 10.3. The van der Waals surface area contributed by atoms with Crippen molar-refractivity contribution in [3.8, 4) is 0 Å². The monoisotopic (exact) mass is 277 g/mol. The summed E-state index contributed by atoms with van der Waals surface area (Å²) in [6.45, 7) is 1.66. The Kier molecular flexibility index (Phi) is 3.84. The van der Waals surface area contributed by atoms with Crippen molar-refractivity contribution < 1.29 is 18.1 Å². The van der Waals surface area contributed by atoms with Gasteiger partial charge < -0.3 is 0 Å². The Morgan fingerprint density at radius 1 is 1.47 bits per heavy atom. The summed E-state index contributed by atoms with van der Waals surface area (Å²) in [7, 11) is 0.915. The second kappa shape index (κ2) is 4.80. The number of aldehydes is 1. The van der Waals surface area contributed by atoms with Crippen LogP contribution in [-0.2, 0) is 15.5 Å². The molecule has 0 saturated carbocycles. The highest BCUT2D eigenvalue weighted by Crippen LogP contribution is 2.28. The van der Waals surface area contributed by atoms with E-state index in [0.717, 1.165) is 6.07 Å². The molecule has 1 rings (SSSR count). The lowest BCUT2D eigenvalue weighted by molar-refractivity contribution is -0.385. The number of nitro benzene ring substituents is 1. The molecule has 0 N–H and O–H groups in total. The summed E-state index contributed by atoms with van der Waals surface area (Å²) in [6.07, 6.45) is 0.609. The van der Waals surface area contributed by atoms with E-state index >= 15 is 0 Å². The quantitative estimate of drug-likeness (QED) is 0.362. The number of carbonyl (C=O) groups excluding carboxylic acids is 1. The molecule has 0 saturated heterocycles. The Morgan fingerprint density at radius 2 is 2.06 bits per heavy atom. The lowest BCUT2D eigenvalue weighted by Gasteiger charge is -2.05. The van der Waals surface area contributed by atoms with E-state index in [1.807, 2.05) is 0 Å². The Morgan fingerprint density at radius 3 is 2.41 bits per heavy atom. The minimum Gasteiger partial charge on any atom is -0.298 e. The molecule has 0 unspecified atom stereocenters. The summed E-state index contributed by atoms with van der Waals surface area (Å²) in [5, 5.41) is 10.7. The molecule has 0 atom stereocenters. The molecule has 0 aromatic heterocycles. The van der Waals surface area contributed by atoms with Gasteiger partial charge in [0.05, 0.1) is 9.82 Å². The third kappa shape index (κ3) is 2.80. The fourth-order valence-electron chi connectivity index (χ4n) is 1.39. The third-order valence-corrected chi connectivity index (χ3v) is 3.56. The van der Waals surface area contributed by atoms with Gasteiger partial charge >= 0.3 is 0 Å². The molecule has 0 aliphatic rings. The molecule has 8 heteroatoms. The molecule has 1 aromatic carbocycles. The van der Waals surface area contributed by atoms with Crippen molar-refractivity contribution >= 4 is 31.7 Å². The van der Waals surface area contributed by atoms with Gasteiger partial charge in [-0.3, -0.25) is 14.9 Å². The zero-order valence-electron chi connectivity index (χ0n) is 8.71. The van der Waals surface area contributed by atoms with E-state index in [2.05, 4.69) is 0 Å². The first-order valence-corrected chi connectivity index (χ1v) is 6.83. The summed E-state index contributed by atoms with van der Waals surface area (Å²) < 4.78 is 22.3. The number of rotatable bonds is 4. The maximum atomic E-state index is 11.2. The third-order valence-electron chi connectivity index (χ3n) is 2.18. The van der Waals surface area contributed by atoms with Gasteiger partial charge in [0.1, 0.15) is 0 Å². The van der Waals surface area contributed by atoms with Crippen molar-refractivity contribution in [2.75, 3.05) is 0 Å². The van der Waals surface area contributed by atoms with Gasteiger partial charge in [0.25, 0.3) is 14.7 Å². The van der Waals surface area contributed by atoms with Crippen LogP contribution in [0.4, 0.5) is 5.69 Å². The molecule has 0 spiro atoms. The molecule has 0 bridgehead atoms. The average molecular weight is 278 g/mol. The normalized spacial score (nSPS) is 11.2. The van der Waals surface area contributed by atoms with Gasteiger partial charge in [-0.15, -0.1) is 0 Å². The Hall–Kier alpha value is -1.47. The van der Waals surface area contributed by atoms with Crippen LogP contribution in [0, 0.1) is 10.1 Å². The summed E-state index contributed by atoms with van der Waals surface area (Å²) >= 11 is 0. The van der Waals surface area contributed by atoms with E-state index in [1.54, 1.807) is 6.92 Å². The number of benzene rings is 1. The highest BCUT2D eigenvalue weighted by molar-refractivity contribution is 8.13. The fourth-order valence-corrected chi connectivity index (χ4v) is 2.43. The number of nitro groups is 1. The Balaban J connectivity index is 3.68. The van der Waals surface area contributed by atoms with Crippen molar-refractivity contribution in [1.82, 2.24) is 0 Å². The first-order chi connectivity index (χ1) is 7.81. The Bertz CT molecular complexity index is 581. The van der Waals surface area contributed by atoms with Crippen LogP contribution in [0.5, 0.6) is 0 Å². The minimum atomic E-state index is -4.19. The number of hydrogen-bond donors (Lipinski definition) is 0. The van der Waals surface area contributed by atoms with Gasteiger partial charge in [-0.25, -0.2) is 8.42 Å². The lowest BCUT2D eigenvalue weighted by Crippen LogP contribution is -2.03. The number of hydrogen-bond acceptors (Lipinski definition) is 5. The van der Waals surface area contributed by atoms with Gasteiger partial charge in [0.15, 0.2) is 6.29 Å². The van der Waals surface area contributed by atoms with Gasteiger partial charge in [-0.2, -0.15) is 0 Å². The van der Waals surface area contributed by atoms with Crippen LogP contribution >= 0.6 is 10.7 Å². The first kappa shape index (κ1) is 13.6. The van der Waals surface area contributed by atoms with Crippen molar-refractivity contribution in [2.45, 2.75) is 18.2 Å². The lowest BCUT2D eigenvalue weighted by atomic mass is 10.1. The zero-order chi connectivity index (χ0) is 13.2. The summed E-state index contributed by atoms with van der Waals surface area (Å²) in [5.74, 6) is 0. The van der Waals surface area contributed by atoms with E-state index in [0.29, 0.717) is 12.7 Å². The summed E-state index contributed by atoms with van der Waals surface area (Å²) in [6, 6.07) is 1.98. The minimum absolute atomic E-state index is 0.178. The van der Waals surface area contributed by atoms with E-state index in [-0.39, 0.29) is 16.8 Å². The smallest absolute Gasteiger partial charge is 0.273 e. The molecule has 92 valence electrons. The SMILES string of the molecule is CCc1cc(C=O)c(S(=O)(=O)Cl)cc1[N+](=O)[O-]. The molecule has 0 radical (unpaired) electrons. The van der Waals surface area contributed by atoms with Crippen molar-refractivity contribution in [3.63, 3.8) is 0 Å². The maximum absolute atomic E-state index is 11.2. The molecule has 0 aliphatic carbocycles. The van der Waals surface area contributed by atoms with E-state index in [9.17, 15) is 23.3 Å². The van der Waals surface area contributed by atoms with Crippen LogP contribution in [0.2, 0.25) is 0 Å². The fraction of sp³-hybridized carbons (Fsp3) is 0.222. The second-order valence-electron chi connectivity index (χ2n) is 3.19. The van der Waals surface area contributed by atoms with E-state index in [4.69, 9.17) is 10.7 Å². The van der Waals surface area contributed by atoms with Gasteiger partial charge in [0, 0.05) is 27.9 Å². The van der Waals surface area contributed by atoms with Crippen molar-refractivity contribution in [2.24, 2.45) is 0 Å². The summed E-state index contributed by atoms with van der Waals surface area (Å²) in [4.78, 5) is 20.2. The van der Waals surface area contributed by atoms with E-state index < -0.39 is 18.9 Å². The predicted molar refractivity (Wildman–Crippen MR) is 60.9 cm³/mol. The number of nitrogens with zero attached hydrogens (tertiary/aromatic N) is 1. The van der Waals surface area contributed by atoms with Crippen molar-refractivity contribution in [3.05, 3.63) is 33.4 Å². The van der Waals surface area contributed by atoms with E-state index in [1.165, 1.54) is 6.07 Å². The number of halogens is 1. The van der Waals surface area contributed by atoms with Gasteiger partial charge in [-0.05, 0) is 12.5 Å². The predicted octanol–water partition coefficient (Wildman–Crippen LogP) is 1.90. The molecule has 0 heterocycles. The highest BCUT2D eigenvalue weighted by atomic mass is 35.7. The first-order valence-electron chi connectivity index (χ1n) is 4.52. The maximum Gasteiger partial charge on any atom is 0.273 e. The van der Waals surface area contributed by atoms with Crippen LogP contribution in [0.15, 0.2) is 17.0 Å². The summed E-state index contributed by atoms with van der Waals surface area (Å²) in [5.41, 5.74) is -0.263. The van der Waals surface area contributed by atoms with Crippen LogP contribution < -0.4 is 0 Å². The molecular weight excluding hydrogens is 270 g/mol. The molecule has 0 aliphatic heterocycles. The largest absolute Gasteiger partial charge is 0.298 e. The van der Waals surface area contributed by atoms with Crippen molar-refractivity contribution in [1.29, 1.82) is 0 Å². The number of aryl methyl sites for hydroxylation is 1. The molecule has 0 fully saturated rings. The highest BCUT2D eigenvalue weighted by Gasteiger charge is 2.23.